The molecule has 110 valence electrons. The van der Waals surface area contributed by atoms with E-state index in [0.29, 0.717) is 24.3 Å². The molecule has 0 saturated heterocycles. The molecule has 0 aliphatic heterocycles. The molecule has 5 heteroatoms. The van der Waals surface area contributed by atoms with Gasteiger partial charge < -0.3 is 16.0 Å². The molecule has 0 fully saturated rings. The van der Waals surface area contributed by atoms with Crippen LogP contribution in [-0.4, -0.2) is 31.4 Å². The summed E-state index contributed by atoms with van der Waals surface area (Å²) in [5.41, 5.74) is 1.29. The van der Waals surface area contributed by atoms with E-state index >= 15 is 0 Å². The van der Waals surface area contributed by atoms with E-state index < -0.39 is 0 Å². The number of nitrogens with one attached hydrogen (secondary N) is 3. The molecular weight excluding hydrogens is 254 g/mol. The van der Waals surface area contributed by atoms with E-state index in [2.05, 4.69) is 16.0 Å². The van der Waals surface area contributed by atoms with Crippen LogP contribution in [0.5, 0.6) is 0 Å². The third-order valence-corrected chi connectivity index (χ3v) is 2.90. The van der Waals surface area contributed by atoms with Crippen LogP contribution in [0.3, 0.4) is 0 Å². The minimum Gasteiger partial charge on any atom is -0.352 e. The SMILES string of the molecule is CCNCC(C)C(=O)Nc1ccc(C(=O)NCC)cc1. The Hall–Kier alpha value is -1.88. The number of hydrogen-bond donors (Lipinski definition) is 3. The van der Waals surface area contributed by atoms with Crippen molar-refractivity contribution in [3.05, 3.63) is 29.8 Å². The van der Waals surface area contributed by atoms with Gasteiger partial charge in [-0.05, 0) is 37.7 Å². The number of amides is 2. The summed E-state index contributed by atoms with van der Waals surface area (Å²) in [6.45, 7) is 7.85. The number of carbonyl (C=O) groups excluding carboxylic acids is 2. The average molecular weight is 277 g/mol. The molecule has 20 heavy (non-hydrogen) atoms. The average Bonchev–Trinajstić information content (AvgIpc) is 2.45. The lowest BCUT2D eigenvalue weighted by atomic mass is 10.1. The second-order valence-corrected chi connectivity index (χ2v) is 4.63. The highest BCUT2D eigenvalue weighted by Crippen LogP contribution is 2.11. The minimum atomic E-state index is -0.106. The first kappa shape index (κ1) is 16.2. The highest BCUT2D eigenvalue weighted by molar-refractivity contribution is 5.96. The van der Waals surface area contributed by atoms with E-state index in [-0.39, 0.29) is 17.7 Å². The fraction of sp³-hybridized carbons (Fsp3) is 0.467. The number of carbonyl (C=O) groups is 2. The summed E-state index contributed by atoms with van der Waals surface area (Å²) in [5.74, 6) is -0.236. The van der Waals surface area contributed by atoms with Gasteiger partial charge in [0.2, 0.25) is 5.91 Å². The Morgan fingerprint density at radius 2 is 1.75 bits per heavy atom. The zero-order valence-corrected chi connectivity index (χ0v) is 12.3. The predicted molar refractivity (Wildman–Crippen MR) is 80.8 cm³/mol. The van der Waals surface area contributed by atoms with E-state index in [1.54, 1.807) is 24.3 Å². The lowest BCUT2D eigenvalue weighted by molar-refractivity contribution is -0.119. The van der Waals surface area contributed by atoms with Gasteiger partial charge in [0, 0.05) is 30.3 Å². The van der Waals surface area contributed by atoms with Crippen LogP contribution in [0.15, 0.2) is 24.3 Å². The van der Waals surface area contributed by atoms with Crippen LogP contribution < -0.4 is 16.0 Å². The molecule has 1 aromatic rings. The normalized spacial score (nSPS) is 11.8. The standard InChI is InChI=1S/C15H23N3O2/c1-4-16-10-11(3)14(19)18-13-8-6-12(7-9-13)15(20)17-5-2/h6-9,11,16H,4-5,10H2,1-3H3,(H,17,20)(H,18,19). The Balaban J connectivity index is 2.56. The summed E-state index contributed by atoms with van der Waals surface area (Å²) in [4.78, 5) is 23.5. The number of anilines is 1. The van der Waals surface area contributed by atoms with E-state index in [4.69, 9.17) is 0 Å². The van der Waals surface area contributed by atoms with Crippen LogP contribution in [-0.2, 0) is 4.79 Å². The Kier molecular flexibility index (Phi) is 6.73. The van der Waals surface area contributed by atoms with Crippen molar-refractivity contribution in [2.24, 2.45) is 5.92 Å². The Morgan fingerprint density at radius 1 is 1.10 bits per heavy atom. The maximum absolute atomic E-state index is 11.9. The zero-order valence-electron chi connectivity index (χ0n) is 12.3. The second-order valence-electron chi connectivity index (χ2n) is 4.63. The lowest BCUT2D eigenvalue weighted by Gasteiger charge is -2.12. The van der Waals surface area contributed by atoms with Gasteiger partial charge in [-0.3, -0.25) is 9.59 Å². The van der Waals surface area contributed by atoms with Crippen molar-refractivity contribution in [2.75, 3.05) is 25.0 Å². The second kappa shape index (κ2) is 8.32. The first-order valence-corrected chi connectivity index (χ1v) is 6.98. The van der Waals surface area contributed by atoms with Gasteiger partial charge in [0.05, 0.1) is 0 Å². The van der Waals surface area contributed by atoms with Gasteiger partial charge in [0.15, 0.2) is 0 Å². The molecule has 3 N–H and O–H groups in total. The highest BCUT2D eigenvalue weighted by atomic mass is 16.2. The topological polar surface area (TPSA) is 70.2 Å². The minimum absolute atomic E-state index is 0.0308. The fourth-order valence-corrected chi connectivity index (χ4v) is 1.69. The molecule has 0 bridgehead atoms. The Bertz CT molecular complexity index is 443. The van der Waals surface area contributed by atoms with Gasteiger partial charge >= 0.3 is 0 Å². The van der Waals surface area contributed by atoms with E-state index in [9.17, 15) is 9.59 Å². The quantitative estimate of drug-likeness (QED) is 0.709. The third kappa shape index (κ3) is 5.01. The first-order chi connectivity index (χ1) is 9.58. The maximum Gasteiger partial charge on any atom is 0.251 e. The summed E-state index contributed by atoms with van der Waals surface area (Å²) in [6.07, 6.45) is 0. The Morgan fingerprint density at radius 3 is 2.30 bits per heavy atom. The molecule has 1 atom stereocenters. The van der Waals surface area contributed by atoms with Crippen LogP contribution in [0.25, 0.3) is 0 Å². The predicted octanol–water partition coefficient (Wildman–Crippen LogP) is 1.62. The molecule has 5 nitrogen and oxygen atoms in total. The van der Waals surface area contributed by atoms with Crippen molar-refractivity contribution in [2.45, 2.75) is 20.8 Å². The highest BCUT2D eigenvalue weighted by Gasteiger charge is 2.12. The van der Waals surface area contributed by atoms with E-state index in [0.717, 1.165) is 6.54 Å². The van der Waals surface area contributed by atoms with Crippen molar-refractivity contribution in [3.63, 3.8) is 0 Å². The first-order valence-electron chi connectivity index (χ1n) is 6.98. The van der Waals surface area contributed by atoms with Gasteiger partial charge in [-0.25, -0.2) is 0 Å². The van der Waals surface area contributed by atoms with Gasteiger partial charge in [-0.2, -0.15) is 0 Å². The van der Waals surface area contributed by atoms with E-state index in [1.807, 2.05) is 20.8 Å². The summed E-state index contributed by atoms with van der Waals surface area (Å²) in [6, 6.07) is 6.88. The molecule has 1 aromatic carbocycles. The summed E-state index contributed by atoms with van der Waals surface area (Å²) in [5, 5.41) is 8.71. The van der Waals surface area contributed by atoms with Crippen molar-refractivity contribution >= 4 is 17.5 Å². The molecule has 1 unspecified atom stereocenters. The van der Waals surface area contributed by atoms with Crippen molar-refractivity contribution in [1.82, 2.24) is 10.6 Å². The fourth-order valence-electron chi connectivity index (χ4n) is 1.69. The molecule has 0 spiro atoms. The molecule has 1 rings (SSSR count). The smallest absolute Gasteiger partial charge is 0.251 e. The molecule has 0 aliphatic carbocycles. The summed E-state index contributed by atoms with van der Waals surface area (Å²) >= 11 is 0. The number of rotatable bonds is 7. The van der Waals surface area contributed by atoms with Gasteiger partial charge in [-0.1, -0.05) is 13.8 Å². The molecule has 0 saturated carbocycles. The van der Waals surface area contributed by atoms with Gasteiger partial charge in [0.25, 0.3) is 5.91 Å². The molecule has 0 heterocycles. The van der Waals surface area contributed by atoms with Crippen LogP contribution in [0.1, 0.15) is 31.1 Å². The van der Waals surface area contributed by atoms with Crippen molar-refractivity contribution in [3.8, 4) is 0 Å². The van der Waals surface area contributed by atoms with Crippen LogP contribution in [0.2, 0.25) is 0 Å². The monoisotopic (exact) mass is 277 g/mol. The molecule has 0 radical (unpaired) electrons. The molecule has 0 aromatic heterocycles. The summed E-state index contributed by atoms with van der Waals surface area (Å²) < 4.78 is 0. The van der Waals surface area contributed by atoms with Crippen LogP contribution in [0, 0.1) is 5.92 Å². The van der Waals surface area contributed by atoms with Crippen molar-refractivity contribution < 1.29 is 9.59 Å². The molecular formula is C15H23N3O2. The lowest BCUT2D eigenvalue weighted by Crippen LogP contribution is -2.30. The molecule has 2 amide bonds. The largest absolute Gasteiger partial charge is 0.352 e. The van der Waals surface area contributed by atoms with Crippen LogP contribution >= 0.6 is 0 Å². The summed E-state index contributed by atoms with van der Waals surface area (Å²) in [7, 11) is 0. The van der Waals surface area contributed by atoms with Gasteiger partial charge in [0.1, 0.15) is 0 Å². The third-order valence-electron chi connectivity index (χ3n) is 2.90. The number of hydrogen-bond acceptors (Lipinski definition) is 3. The van der Waals surface area contributed by atoms with Crippen molar-refractivity contribution in [1.29, 1.82) is 0 Å². The van der Waals surface area contributed by atoms with Gasteiger partial charge in [-0.15, -0.1) is 0 Å². The Labute approximate surface area is 120 Å². The molecule has 0 aliphatic rings. The maximum atomic E-state index is 11.9. The number of benzene rings is 1. The van der Waals surface area contributed by atoms with E-state index in [1.165, 1.54) is 0 Å². The zero-order chi connectivity index (χ0) is 15.0. The van der Waals surface area contributed by atoms with Crippen LogP contribution in [0.4, 0.5) is 5.69 Å².